The van der Waals surface area contributed by atoms with Crippen molar-refractivity contribution in [2.75, 3.05) is 0 Å². The standard InChI is InChI=1S/C29H29F3O2/c1-3-4-19-6-9-21(10-7-19)24-15-16-26(28(32)27(24)31)34-29(33)22-13-11-20(12-14-22)23-8-5-18(2)25(30)17-23/h5,8,11-17,19,21H,3-4,6-7,9-10H2,1-2H3. The Morgan fingerprint density at radius 1 is 0.882 bits per heavy atom. The highest BCUT2D eigenvalue weighted by atomic mass is 19.2. The third-order valence-electron chi connectivity index (χ3n) is 6.89. The van der Waals surface area contributed by atoms with Gasteiger partial charge < -0.3 is 4.74 Å². The van der Waals surface area contributed by atoms with Crippen LogP contribution in [0, 0.1) is 30.3 Å². The molecule has 1 aliphatic rings. The molecule has 0 atom stereocenters. The first-order chi connectivity index (χ1) is 16.4. The van der Waals surface area contributed by atoms with Crippen LogP contribution in [-0.4, -0.2) is 5.97 Å². The van der Waals surface area contributed by atoms with Crippen molar-refractivity contribution in [3.05, 3.63) is 88.7 Å². The second kappa shape index (κ2) is 10.5. The Labute approximate surface area is 198 Å². The molecule has 0 aromatic heterocycles. The molecular weight excluding hydrogens is 437 g/mol. The number of esters is 1. The predicted molar refractivity (Wildman–Crippen MR) is 127 cm³/mol. The van der Waals surface area contributed by atoms with Crippen LogP contribution in [-0.2, 0) is 0 Å². The molecule has 0 saturated heterocycles. The number of hydrogen-bond donors (Lipinski definition) is 0. The minimum absolute atomic E-state index is 0.00786. The molecule has 2 nitrogen and oxygen atoms in total. The van der Waals surface area contributed by atoms with Crippen LogP contribution in [0.3, 0.4) is 0 Å². The number of carbonyl (C=O) groups excluding carboxylic acids is 1. The summed E-state index contributed by atoms with van der Waals surface area (Å²) in [5.74, 6) is -2.91. The van der Waals surface area contributed by atoms with Crippen molar-refractivity contribution >= 4 is 5.97 Å². The molecule has 3 aromatic rings. The van der Waals surface area contributed by atoms with Crippen LogP contribution < -0.4 is 4.74 Å². The topological polar surface area (TPSA) is 26.3 Å². The smallest absolute Gasteiger partial charge is 0.343 e. The van der Waals surface area contributed by atoms with Gasteiger partial charge in [-0.05, 0) is 91.0 Å². The van der Waals surface area contributed by atoms with Gasteiger partial charge in [-0.3, -0.25) is 0 Å². The minimum Gasteiger partial charge on any atom is -0.420 e. The van der Waals surface area contributed by atoms with E-state index < -0.39 is 23.4 Å². The van der Waals surface area contributed by atoms with Crippen LogP contribution in [0.25, 0.3) is 11.1 Å². The molecular formula is C29H29F3O2. The van der Waals surface area contributed by atoms with E-state index in [4.69, 9.17) is 4.74 Å². The molecule has 0 N–H and O–H groups in total. The molecule has 1 aliphatic carbocycles. The first-order valence-corrected chi connectivity index (χ1v) is 11.9. The van der Waals surface area contributed by atoms with E-state index in [0.29, 0.717) is 22.6 Å². The van der Waals surface area contributed by atoms with Gasteiger partial charge >= 0.3 is 5.97 Å². The summed E-state index contributed by atoms with van der Waals surface area (Å²) in [4.78, 5) is 12.5. The van der Waals surface area contributed by atoms with E-state index in [-0.39, 0.29) is 17.3 Å². The van der Waals surface area contributed by atoms with E-state index in [2.05, 4.69) is 6.92 Å². The van der Waals surface area contributed by atoms with Crippen LogP contribution in [0.1, 0.15) is 72.9 Å². The summed E-state index contributed by atoms with van der Waals surface area (Å²) in [5, 5.41) is 0. The number of ether oxygens (including phenoxy) is 1. The minimum atomic E-state index is -1.13. The number of hydrogen-bond acceptors (Lipinski definition) is 2. The average molecular weight is 467 g/mol. The zero-order valence-electron chi connectivity index (χ0n) is 19.5. The summed E-state index contributed by atoms with van der Waals surface area (Å²) in [6.07, 6.45) is 6.07. The van der Waals surface area contributed by atoms with Crippen molar-refractivity contribution in [3.8, 4) is 16.9 Å². The summed E-state index contributed by atoms with van der Waals surface area (Å²) in [6, 6.07) is 14.2. The number of aryl methyl sites for hydroxylation is 1. The monoisotopic (exact) mass is 466 g/mol. The Balaban J connectivity index is 1.45. The van der Waals surface area contributed by atoms with Crippen molar-refractivity contribution in [1.82, 2.24) is 0 Å². The molecule has 5 heteroatoms. The van der Waals surface area contributed by atoms with Gasteiger partial charge in [-0.1, -0.05) is 50.1 Å². The first kappa shape index (κ1) is 24.1. The van der Waals surface area contributed by atoms with E-state index in [1.54, 1.807) is 37.3 Å². The van der Waals surface area contributed by atoms with Gasteiger partial charge in [0.1, 0.15) is 5.82 Å². The second-order valence-electron chi connectivity index (χ2n) is 9.22. The van der Waals surface area contributed by atoms with E-state index in [1.165, 1.54) is 30.7 Å². The normalized spacial score (nSPS) is 18.0. The highest BCUT2D eigenvalue weighted by molar-refractivity contribution is 5.91. The quantitative estimate of drug-likeness (QED) is 0.269. The molecule has 1 fully saturated rings. The number of benzene rings is 3. The van der Waals surface area contributed by atoms with E-state index in [9.17, 15) is 18.0 Å². The zero-order chi connectivity index (χ0) is 24.2. The van der Waals surface area contributed by atoms with Crippen LogP contribution in [0.2, 0.25) is 0 Å². The maximum absolute atomic E-state index is 14.8. The summed E-state index contributed by atoms with van der Waals surface area (Å²) in [5.41, 5.74) is 2.51. The maximum Gasteiger partial charge on any atom is 0.343 e. The fraction of sp³-hybridized carbons (Fsp3) is 0.345. The SMILES string of the molecule is CCCC1CCC(c2ccc(OC(=O)c3ccc(-c4ccc(C)c(F)c4)cc3)c(F)c2F)CC1. The largest absolute Gasteiger partial charge is 0.420 e. The lowest BCUT2D eigenvalue weighted by atomic mass is 9.77. The summed E-state index contributed by atoms with van der Waals surface area (Å²) in [7, 11) is 0. The first-order valence-electron chi connectivity index (χ1n) is 11.9. The Bertz CT molecular complexity index is 1160. The number of rotatable bonds is 6. The third kappa shape index (κ3) is 5.19. The Morgan fingerprint density at radius 2 is 1.56 bits per heavy atom. The summed E-state index contributed by atoms with van der Waals surface area (Å²) >= 11 is 0. The van der Waals surface area contributed by atoms with Gasteiger partial charge in [-0.2, -0.15) is 4.39 Å². The molecule has 4 rings (SSSR count). The molecule has 34 heavy (non-hydrogen) atoms. The van der Waals surface area contributed by atoms with Crippen molar-refractivity contribution in [3.63, 3.8) is 0 Å². The fourth-order valence-electron chi connectivity index (χ4n) is 4.84. The van der Waals surface area contributed by atoms with Crippen molar-refractivity contribution in [1.29, 1.82) is 0 Å². The van der Waals surface area contributed by atoms with Gasteiger partial charge in [-0.15, -0.1) is 0 Å². The van der Waals surface area contributed by atoms with Crippen LogP contribution >= 0.6 is 0 Å². The lowest BCUT2D eigenvalue weighted by molar-refractivity contribution is 0.0726. The van der Waals surface area contributed by atoms with Gasteiger partial charge in [0.2, 0.25) is 5.82 Å². The molecule has 178 valence electrons. The lowest BCUT2D eigenvalue weighted by Gasteiger charge is -2.29. The molecule has 0 aliphatic heterocycles. The number of carbonyl (C=O) groups is 1. The Kier molecular flexibility index (Phi) is 7.40. The van der Waals surface area contributed by atoms with Gasteiger partial charge in [0, 0.05) is 0 Å². The van der Waals surface area contributed by atoms with Crippen LogP contribution in [0.15, 0.2) is 54.6 Å². The second-order valence-corrected chi connectivity index (χ2v) is 9.22. The van der Waals surface area contributed by atoms with Gasteiger partial charge in [0.15, 0.2) is 11.6 Å². The predicted octanol–water partition coefficient (Wildman–Crippen LogP) is 8.37. The highest BCUT2D eigenvalue weighted by Gasteiger charge is 2.27. The van der Waals surface area contributed by atoms with Gasteiger partial charge in [-0.25, -0.2) is 13.6 Å². The Morgan fingerprint density at radius 3 is 2.21 bits per heavy atom. The molecule has 0 heterocycles. The van der Waals surface area contributed by atoms with Gasteiger partial charge in [0.05, 0.1) is 5.56 Å². The average Bonchev–Trinajstić information content (AvgIpc) is 2.85. The van der Waals surface area contributed by atoms with Crippen LogP contribution in [0.4, 0.5) is 13.2 Å². The van der Waals surface area contributed by atoms with E-state index in [1.807, 2.05) is 0 Å². The molecule has 0 spiro atoms. The zero-order valence-corrected chi connectivity index (χ0v) is 19.5. The molecule has 0 radical (unpaired) electrons. The van der Waals surface area contributed by atoms with Crippen molar-refractivity contribution in [2.24, 2.45) is 5.92 Å². The molecule has 3 aromatic carbocycles. The molecule has 0 unspecified atom stereocenters. The third-order valence-corrected chi connectivity index (χ3v) is 6.89. The Hall–Kier alpha value is -3.08. The van der Waals surface area contributed by atoms with Crippen molar-refractivity contribution in [2.45, 2.75) is 58.3 Å². The lowest BCUT2D eigenvalue weighted by Crippen LogP contribution is -2.15. The van der Waals surface area contributed by atoms with E-state index in [0.717, 1.165) is 37.7 Å². The van der Waals surface area contributed by atoms with Gasteiger partial charge in [0.25, 0.3) is 0 Å². The summed E-state index contributed by atoms with van der Waals surface area (Å²) < 4.78 is 48.6. The maximum atomic E-state index is 14.8. The van der Waals surface area contributed by atoms with E-state index >= 15 is 0 Å². The van der Waals surface area contributed by atoms with Crippen molar-refractivity contribution < 1.29 is 22.7 Å². The molecule has 0 amide bonds. The summed E-state index contributed by atoms with van der Waals surface area (Å²) in [6.45, 7) is 3.85. The molecule has 0 bridgehead atoms. The fourth-order valence-corrected chi connectivity index (χ4v) is 4.84. The highest BCUT2D eigenvalue weighted by Crippen LogP contribution is 2.40. The number of halogens is 3. The van der Waals surface area contributed by atoms with Crippen LogP contribution in [0.5, 0.6) is 5.75 Å². The molecule has 1 saturated carbocycles.